The Labute approximate surface area is 130 Å². The van der Waals surface area contributed by atoms with E-state index in [1.807, 2.05) is 17.0 Å². The molecular formula is C13H14BrClN2O3. The number of nitrogens with zero attached hydrogens (tertiary/aromatic N) is 1. The molecule has 20 heavy (non-hydrogen) atoms. The van der Waals surface area contributed by atoms with Gasteiger partial charge in [-0.15, -0.1) is 0 Å². The first-order valence-corrected chi connectivity index (χ1v) is 7.32. The van der Waals surface area contributed by atoms with Gasteiger partial charge in [0.25, 0.3) is 0 Å². The second-order valence-corrected chi connectivity index (χ2v) is 5.93. The number of carboxylic acids is 1. The molecule has 2 rings (SSSR count). The van der Waals surface area contributed by atoms with Crippen LogP contribution in [0.25, 0.3) is 0 Å². The number of hydrogen-bond acceptors (Lipinski definition) is 3. The van der Waals surface area contributed by atoms with Gasteiger partial charge in [-0.3, -0.25) is 14.5 Å². The Kier molecular flexibility index (Phi) is 5.01. The van der Waals surface area contributed by atoms with Crippen molar-refractivity contribution in [2.24, 2.45) is 0 Å². The van der Waals surface area contributed by atoms with Gasteiger partial charge in [-0.05, 0) is 17.7 Å². The minimum atomic E-state index is -0.987. The molecule has 1 amide bonds. The molecule has 1 heterocycles. The zero-order valence-electron chi connectivity index (χ0n) is 10.6. The van der Waals surface area contributed by atoms with Crippen LogP contribution in [0, 0.1) is 0 Å². The molecule has 1 unspecified atom stereocenters. The highest BCUT2D eigenvalue weighted by molar-refractivity contribution is 9.10. The molecule has 0 bridgehead atoms. The number of carboxylic acid groups (broad SMARTS) is 1. The molecule has 1 aliphatic rings. The number of carbonyl (C=O) groups excluding carboxylic acids is 1. The molecule has 1 atom stereocenters. The van der Waals surface area contributed by atoms with E-state index in [2.05, 4.69) is 21.2 Å². The summed E-state index contributed by atoms with van der Waals surface area (Å²) >= 11 is 9.50. The minimum absolute atomic E-state index is 0.208. The number of aliphatic carboxylic acids is 1. The predicted octanol–water partition coefficient (Wildman–Crippen LogP) is 1.88. The van der Waals surface area contributed by atoms with Crippen LogP contribution in [0.15, 0.2) is 22.7 Å². The van der Waals surface area contributed by atoms with E-state index in [4.69, 9.17) is 16.7 Å². The standard InChI is InChI=1S/C13H14BrClN2O3/c14-9-2-1-8(10(15)5-9)7-17-4-3-16-13(20)11(17)6-12(18)19/h1-2,5,11H,3-4,6-7H2,(H,16,20)(H,18,19). The van der Waals surface area contributed by atoms with Gasteiger partial charge in [0, 0.05) is 29.1 Å². The van der Waals surface area contributed by atoms with Crippen LogP contribution in [-0.4, -0.2) is 41.0 Å². The smallest absolute Gasteiger partial charge is 0.305 e. The van der Waals surface area contributed by atoms with Crippen LogP contribution >= 0.6 is 27.5 Å². The lowest BCUT2D eigenvalue weighted by atomic mass is 10.1. The number of halogens is 2. The second kappa shape index (κ2) is 6.56. The van der Waals surface area contributed by atoms with Gasteiger partial charge in [0.1, 0.15) is 6.04 Å². The van der Waals surface area contributed by atoms with Crippen molar-refractivity contribution in [2.45, 2.75) is 19.0 Å². The molecule has 7 heteroatoms. The first kappa shape index (κ1) is 15.3. The normalized spacial score (nSPS) is 19.7. The maximum absolute atomic E-state index is 11.8. The SMILES string of the molecule is O=C(O)CC1C(=O)NCCN1Cc1ccc(Br)cc1Cl. The zero-order chi connectivity index (χ0) is 14.7. The molecule has 1 saturated heterocycles. The van der Waals surface area contributed by atoms with Crippen LogP contribution in [0.5, 0.6) is 0 Å². The summed E-state index contributed by atoms with van der Waals surface area (Å²) in [5.74, 6) is -1.23. The van der Waals surface area contributed by atoms with Crippen molar-refractivity contribution in [2.75, 3.05) is 13.1 Å². The number of carbonyl (C=O) groups is 2. The van der Waals surface area contributed by atoms with Crippen molar-refractivity contribution < 1.29 is 14.7 Å². The largest absolute Gasteiger partial charge is 0.481 e. The van der Waals surface area contributed by atoms with E-state index < -0.39 is 12.0 Å². The van der Waals surface area contributed by atoms with Gasteiger partial charge in [-0.2, -0.15) is 0 Å². The van der Waals surface area contributed by atoms with Gasteiger partial charge in [-0.1, -0.05) is 33.6 Å². The van der Waals surface area contributed by atoms with Crippen LogP contribution in [-0.2, 0) is 16.1 Å². The van der Waals surface area contributed by atoms with E-state index in [0.717, 1.165) is 10.0 Å². The van der Waals surface area contributed by atoms with Crippen LogP contribution in [0.2, 0.25) is 5.02 Å². The molecule has 5 nitrogen and oxygen atoms in total. The number of amides is 1. The van der Waals surface area contributed by atoms with Crippen molar-refractivity contribution in [3.8, 4) is 0 Å². The number of benzene rings is 1. The highest BCUT2D eigenvalue weighted by atomic mass is 79.9. The summed E-state index contributed by atoms with van der Waals surface area (Å²) in [5, 5.41) is 12.2. The third kappa shape index (κ3) is 3.71. The lowest BCUT2D eigenvalue weighted by molar-refractivity contribution is -0.143. The molecule has 0 aliphatic carbocycles. The number of nitrogens with one attached hydrogen (secondary N) is 1. The third-order valence-corrected chi connectivity index (χ3v) is 4.04. The van der Waals surface area contributed by atoms with Crippen molar-refractivity contribution in [3.05, 3.63) is 33.3 Å². The Morgan fingerprint density at radius 1 is 1.55 bits per heavy atom. The van der Waals surface area contributed by atoms with Gasteiger partial charge < -0.3 is 10.4 Å². The van der Waals surface area contributed by atoms with E-state index in [9.17, 15) is 9.59 Å². The third-order valence-electron chi connectivity index (χ3n) is 3.20. The molecule has 1 aliphatic heterocycles. The van der Waals surface area contributed by atoms with E-state index in [-0.39, 0.29) is 12.3 Å². The van der Waals surface area contributed by atoms with Gasteiger partial charge in [0.05, 0.1) is 6.42 Å². The van der Waals surface area contributed by atoms with Gasteiger partial charge in [-0.25, -0.2) is 0 Å². The zero-order valence-corrected chi connectivity index (χ0v) is 12.9. The fraction of sp³-hybridized carbons (Fsp3) is 0.385. The van der Waals surface area contributed by atoms with Crippen molar-refractivity contribution in [1.82, 2.24) is 10.2 Å². The summed E-state index contributed by atoms with van der Waals surface area (Å²) in [5.41, 5.74) is 0.875. The fourth-order valence-electron chi connectivity index (χ4n) is 2.21. The van der Waals surface area contributed by atoms with Gasteiger partial charge >= 0.3 is 5.97 Å². The summed E-state index contributed by atoms with van der Waals surface area (Å²) in [4.78, 5) is 24.5. The quantitative estimate of drug-likeness (QED) is 0.859. The Bertz CT molecular complexity index is 538. The summed E-state index contributed by atoms with van der Waals surface area (Å²) in [7, 11) is 0. The van der Waals surface area contributed by atoms with Crippen LogP contribution < -0.4 is 5.32 Å². The molecule has 0 spiro atoms. The topological polar surface area (TPSA) is 69.6 Å². The maximum Gasteiger partial charge on any atom is 0.305 e. The van der Waals surface area contributed by atoms with Crippen molar-refractivity contribution in [1.29, 1.82) is 0 Å². The summed E-state index contributed by atoms with van der Waals surface area (Å²) in [6.45, 7) is 1.58. The molecule has 108 valence electrons. The first-order chi connectivity index (χ1) is 9.47. The van der Waals surface area contributed by atoms with E-state index in [1.54, 1.807) is 6.07 Å². The van der Waals surface area contributed by atoms with Crippen molar-refractivity contribution >= 4 is 39.4 Å². The first-order valence-electron chi connectivity index (χ1n) is 6.15. The molecule has 1 fully saturated rings. The number of rotatable bonds is 4. The number of hydrogen-bond donors (Lipinski definition) is 2. The average molecular weight is 362 g/mol. The van der Waals surface area contributed by atoms with Crippen LogP contribution in [0.1, 0.15) is 12.0 Å². The van der Waals surface area contributed by atoms with Crippen LogP contribution in [0.3, 0.4) is 0 Å². The lowest BCUT2D eigenvalue weighted by Crippen LogP contribution is -2.55. The molecule has 0 radical (unpaired) electrons. The van der Waals surface area contributed by atoms with E-state index >= 15 is 0 Å². The summed E-state index contributed by atoms with van der Waals surface area (Å²) in [6.07, 6.45) is -0.208. The minimum Gasteiger partial charge on any atom is -0.481 e. The molecule has 0 saturated carbocycles. The van der Waals surface area contributed by atoms with E-state index in [0.29, 0.717) is 24.7 Å². The summed E-state index contributed by atoms with van der Waals surface area (Å²) < 4.78 is 0.879. The Morgan fingerprint density at radius 3 is 2.95 bits per heavy atom. The molecule has 0 aromatic heterocycles. The average Bonchev–Trinajstić information content (AvgIpc) is 2.36. The molecule has 2 N–H and O–H groups in total. The summed E-state index contributed by atoms with van der Waals surface area (Å²) in [6, 6.07) is 4.88. The molecule has 1 aromatic rings. The lowest BCUT2D eigenvalue weighted by Gasteiger charge is -2.34. The Morgan fingerprint density at radius 2 is 2.30 bits per heavy atom. The fourth-order valence-corrected chi connectivity index (χ4v) is 2.94. The van der Waals surface area contributed by atoms with Crippen molar-refractivity contribution in [3.63, 3.8) is 0 Å². The maximum atomic E-state index is 11.8. The molecular weight excluding hydrogens is 348 g/mol. The number of piperazine rings is 1. The second-order valence-electron chi connectivity index (χ2n) is 4.61. The Balaban J connectivity index is 2.16. The highest BCUT2D eigenvalue weighted by Gasteiger charge is 2.31. The Hall–Kier alpha value is -1.11. The monoisotopic (exact) mass is 360 g/mol. The van der Waals surface area contributed by atoms with Gasteiger partial charge in [0.2, 0.25) is 5.91 Å². The van der Waals surface area contributed by atoms with Gasteiger partial charge in [0.15, 0.2) is 0 Å². The highest BCUT2D eigenvalue weighted by Crippen LogP contribution is 2.24. The predicted molar refractivity (Wildman–Crippen MR) is 78.6 cm³/mol. The van der Waals surface area contributed by atoms with E-state index in [1.165, 1.54) is 0 Å². The van der Waals surface area contributed by atoms with Crippen LogP contribution in [0.4, 0.5) is 0 Å². The molecule has 1 aromatic carbocycles.